The van der Waals surface area contributed by atoms with E-state index in [4.69, 9.17) is 9.26 Å². The number of hydrogen-bond acceptors (Lipinski definition) is 8. The number of carbonyl (C=O) groups is 1. The van der Waals surface area contributed by atoms with Gasteiger partial charge in [-0.1, -0.05) is 17.3 Å². The summed E-state index contributed by atoms with van der Waals surface area (Å²) >= 11 is 0. The molecule has 4 heterocycles. The quantitative estimate of drug-likeness (QED) is 0.198. The molecule has 8 nitrogen and oxygen atoms in total. The van der Waals surface area contributed by atoms with E-state index in [0.29, 0.717) is 24.2 Å². The summed E-state index contributed by atoms with van der Waals surface area (Å²) in [7, 11) is 1.01. The lowest BCUT2D eigenvalue weighted by Crippen LogP contribution is -2.46. The highest BCUT2D eigenvalue weighted by atomic mass is 19.4. The van der Waals surface area contributed by atoms with E-state index in [2.05, 4.69) is 19.6 Å². The van der Waals surface area contributed by atoms with Crippen LogP contribution in [-0.2, 0) is 22.3 Å². The van der Waals surface area contributed by atoms with Gasteiger partial charge in [0.15, 0.2) is 0 Å². The Bertz CT molecular complexity index is 1490. The number of hydrogen-bond donors (Lipinski definition) is 0. The number of para-hydroxylation sites is 1. The van der Waals surface area contributed by atoms with Crippen molar-refractivity contribution in [3.05, 3.63) is 59.0 Å². The molecule has 43 heavy (non-hydrogen) atoms. The predicted octanol–water partition coefficient (Wildman–Crippen LogP) is 7.03. The van der Waals surface area contributed by atoms with Gasteiger partial charge in [-0.15, -0.1) is 13.2 Å². The van der Waals surface area contributed by atoms with E-state index in [1.165, 1.54) is 18.2 Å². The topological polar surface area (TPSA) is 86.9 Å². The zero-order chi connectivity index (χ0) is 30.5. The van der Waals surface area contributed by atoms with E-state index in [1.54, 1.807) is 6.07 Å². The SMILES string of the molecule is COC(=O)c1cnc(N2C3CC[C@H]2CC(OCc2c(-c4ccccc4OC(F)(F)F)noc2C2CC2)C3)cc1C(F)(F)F. The number of pyridine rings is 1. The van der Waals surface area contributed by atoms with E-state index >= 15 is 0 Å². The summed E-state index contributed by atoms with van der Waals surface area (Å²) in [5.74, 6) is -0.707. The van der Waals surface area contributed by atoms with Gasteiger partial charge >= 0.3 is 18.5 Å². The third-order valence-corrected chi connectivity index (χ3v) is 8.15. The second kappa shape index (κ2) is 11.0. The maximum Gasteiger partial charge on any atom is 0.573 e. The first-order valence-corrected chi connectivity index (χ1v) is 13.8. The third-order valence-electron chi connectivity index (χ3n) is 8.15. The summed E-state index contributed by atoms with van der Waals surface area (Å²) in [6.45, 7) is 0.0411. The first-order valence-electron chi connectivity index (χ1n) is 13.8. The molecule has 1 aromatic carbocycles. The van der Waals surface area contributed by atoms with E-state index in [-0.39, 0.29) is 47.8 Å². The van der Waals surface area contributed by atoms with E-state index in [1.807, 2.05) is 4.90 Å². The zero-order valence-corrected chi connectivity index (χ0v) is 22.9. The Morgan fingerprint density at radius 1 is 1.05 bits per heavy atom. The summed E-state index contributed by atoms with van der Waals surface area (Å²) in [5.41, 5.74) is -0.847. The largest absolute Gasteiger partial charge is 0.573 e. The average Bonchev–Trinajstić information content (AvgIpc) is 3.66. The van der Waals surface area contributed by atoms with Crippen LogP contribution >= 0.6 is 0 Å². The Morgan fingerprint density at radius 3 is 2.37 bits per heavy atom. The van der Waals surface area contributed by atoms with Crippen LogP contribution in [0.4, 0.5) is 32.2 Å². The molecule has 3 fully saturated rings. The molecule has 6 rings (SSSR count). The van der Waals surface area contributed by atoms with Gasteiger partial charge in [-0.3, -0.25) is 0 Å². The van der Waals surface area contributed by atoms with Gasteiger partial charge in [0.1, 0.15) is 23.0 Å². The maximum atomic E-state index is 13.8. The van der Waals surface area contributed by atoms with Gasteiger partial charge in [-0.25, -0.2) is 9.78 Å². The van der Waals surface area contributed by atoms with Crippen LogP contribution in [0, 0.1) is 0 Å². The number of methoxy groups -OCH3 is 1. The van der Waals surface area contributed by atoms with Gasteiger partial charge < -0.3 is 23.6 Å². The van der Waals surface area contributed by atoms with Crippen molar-refractivity contribution >= 4 is 11.8 Å². The molecule has 2 bridgehead atoms. The number of nitrogens with zero attached hydrogens (tertiary/aromatic N) is 3. The lowest BCUT2D eigenvalue weighted by Gasteiger charge is -2.40. The highest BCUT2D eigenvalue weighted by molar-refractivity contribution is 5.91. The Morgan fingerprint density at radius 2 is 1.74 bits per heavy atom. The van der Waals surface area contributed by atoms with Crippen LogP contribution < -0.4 is 9.64 Å². The number of anilines is 1. The van der Waals surface area contributed by atoms with Crippen LogP contribution in [0.3, 0.4) is 0 Å². The number of benzene rings is 1. The number of ether oxygens (including phenoxy) is 3. The van der Waals surface area contributed by atoms with Crippen LogP contribution in [0.2, 0.25) is 0 Å². The van der Waals surface area contributed by atoms with Crippen molar-refractivity contribution in [2.75, 3.05) is 12.0 Å². The molecule has 0 amide bonds. The molecular formula is C29H27F6N3O5. The van der Waals surface area contributed by atoms with Crippen molar-refractivity contribution < 1.29 is 49.9 Å². The fourth-order valence-corrected chi connectivity index (χ4v) is 6.15. The second-order valence-electron chi connectivity index (χ2n) is 11.0. The zero-order valence-electron chi connectivity index (χ0n) is 22.9. The maximum absolute atomic E-state index is 13.8. The first-order chi connectivity index (χ1) is 20.4. The van der Waals surface area contributed by atoms with Gasteiger partial charge in [0.05, 0.1) is 30.9 Å². The fourth-order valence-electron chi connectivity index (χ4n) is 6.15. The minimum Gasteiger partial charge on any atom is -0.465 e. The Balaban J connectivity index is 1.21. The van der Waals surface area contributed by atoms with Crippen molar-refractivity contribution in [2.45, 2.75) is 81.8 Å². The summed E-state index contributed by atoms with van der Waals surface area (Å²) in [5, 5.41) is 4.11. The van der Waals surface area contributed by atoms with E-state index < -0.39 is 35.4 Å². The Labute approximate surface area is 241 Å². The van der Waals surface area contributed by atoms with Crippen molar-refractivity contribution in [3.63, 3.8) is 0 Å². The molecule has 3 atom stereocenters. The Kier molecular flexibility index (Phi) is 7.51. The molecule has 0 N–H and O–H groups in total. The summed E-state index contributed by atoms with van der Waals surface area (Å²) in [6, 6.07) is 6.30. The molecular weight excluding hydrogens is 584 g/mol. The molecule has 2 unspecified atom stereocenters. The molecule has 3 aromatic rings. The van der Waals surface area contributed by atoms with Crippen LogP contribution in [0.1, 0.15) is 71.7 Å². The van der Waals surface area contributed by atoms with Crippen molar-refractivity contribution in [1.29, 1.82) is 0 Å². The fraction of sp³-hybridized carbons (Fsp3) is 0.483. The molecule has 14 heteroatoms. The summed E-state index contributed by atoms with van der Waals surface area (Å²) in [4.78, 5) is 18.0. The first kappa shape index (κ1) is 29.3. The Hall–Kier alpha value is -3.81. The van der Waals surface area contributed by atoms with Gasteiger partial charge in [-0.2, -0.15) is 13.2 Å². The molecule has 230 valence electrons. The second-order valence-corrected chi connectivity index (χ2v) is 11.0. The average molecular weight is 612 g/mol. The van der Waals surface area contributed by atoms with Crippen molar-refractivity contribution in [3.8, 4) is 17.0 Å². The number of halogens is 6. The molecule has 2 saturated heterocycles. The minimum atomic E-state index is -4.89. The number of esters is 1. The van der Waals surface area contributed by atoms with Crippen LogP contribution in [0.5, 0.6) is 5.75 Å². The monoisotopic (exact) mass is 611 g/mol. The van der Waals surface area contributed by atoms with Gasteiger partial charge in [0.25, 0.3) is 0 Å². The van der Waals surface area contributed by atoms with Gasteiger partial charge in [-0.05, 0) is 56.7 Å². The smallest absolute Gasteiger partial charge is 0.465 e. The lowest BCUT2D eigenvalue weighted by molar-refractivity contribution is -0.274. The van der Waals surface area contributed by atoms with Crippen molar-refractivity contribution in [1.82, 2.24) is 10.1 Å². The van der Waals surface area contributed by atoms with E-state index in [0.717, 1.165) is 45.1 Å². The molecule has 2 aliphatic heterocycles. The number of alkyl halides is 6. The number of aromatic nitrogens is 2. The normalized spacial score (nSPS) is 22.1. The van der Waals surface area contributed by atoms with Crippen LogP contribution in [-0.4, -0.2) is 47.8 Å². The van der Waals surface area contributed by atoms with Crippen LogP contribution in [0.15, 0.2) is 41.1 Å². The van der Waals surface area contributed by atoms with E-state index in [9.17, 15) is 31.1 Å². The highest BCUT2D eigenvalue weighted by Crippen LogP contribution is 2.47. The number of piperidine rings is 1. The molecule has 0 spiro atoms. The predicted molar refractivity (Wildman–Crippen MR) is 138 cm³/mol. The third kappa shape index (κ3) is 6.01. The molecule has 3 aliphatic rings. The van der Waals surface area contributed by atoms with Gasteiger partial charge in [0.2, 0.25) is 0 Å². The molecule has 1 saturated carbocycles. The summed E-state index contributed by atoms with van der Waals surface area (Å²) in [6.07, 6.45) is -4.84. The molecule has 1 aliphatic carbocycles. The molecule has 2 aromatic heterocycles. The molecule has 0 radical (unpaired) electrons. The number of rotatable bonds is 8. The lowest BCUT2D eigenvalue weighted by atomic mass is 9.98. The number of carbonyl (C=O) groups excluding carboxylic acids is 1. The standard InChI is InChI=1S/C29H27F6N3O5/c1-40-27(39)20-13-36-24(12-22(20)28(30,31)32)38-16-8-9-17(38)11-18(10-16)41-14-21-25(37-43-26(21)15-6-7-15)19-4-2-3-5-23(19)42-29(33,34)35/h2-5,12-13,15-18H,6-11,14H2,1H3/t16-,17?,18?/m0/s1. The number of fused-ring (bicyclic) bond motifs is 2. The van der Waals surface area contributed by atoms with Crippen molar-refractivity contribution in [2.24, 2.45) is 0 Å². The van der Waals surface area contributed by atoms with Crippen LogP contribution in [0.25, 0.3) is 11.3 Å². The summed E-state index contributed by atoms with van der Waals surface area (Å²) < 4.78 is 101. The highest BCUT2D eigenvalue weighted by Gasteiger charge is 2.44. The minimum absolute atomic E-state index is 0.0411. The van der Waals surface area contributed by atoms with Gasteiger partial charge in [0, 0.05) is 35.3 Å².